The smallest absolute Gasteiger partial charge is 0.215 e. The summed E-state index contributed by atoms with van der Waals surface area (Å²) in [5.74, 6) is 0. The van der Waals surface area contributed by atoms with Gasteiger partial charge in [-0.2, -0.15) is 0 Å². The van der Waals surface area contributed by atoms with Crippen molar-refractivity contribution < 1.29 is 9.90 Å². The van der Waals surface area contributed by atoms with Crippen molar-refractivity contribution in [2.24, 2.45) is 4.99 Å². The third-order valence-electron chi connectivity index (χ3n) is 0.538. The number of thioether (sulfide) groups is 1. The van der Waals surface area contributed by atoms with Gasteiger partial charge in [0.05, 0.1) is 0 Å². The summed E-state index contributed by atoms with van der Waals surface area (Å²) in [4.78, 5) is 13.4. The van der Waals surface area contributed by atoms with E-state index in [0.29, 0.717) is 11.8 Å². The maximum Gasteiger partial charge on any atom is 0.215 e. The van der Waals surface area contributed by atoms with Gasteiger partial charge in [-0.05, 0) is 11.8 Å². The second-order valence-electron chi connectivity index (χ2n) is 1.06. The lowest BCUT2D eigenvalue weighted by molar-refractivity contribution is -0.205. The summed E-state index contributed by atoms with van der Waals surface area (Å²) in [6, 6.07) is 0. The van der Waals surface area contributed by atoms with E-state index in [-0.39, 0.29) is 16.9 Å². The number of carbonyl (C=O) groups excluding carboxylic acids is 1. The van der Waals surface area contributed by atoms with Crippen LogP contribution >= 0.6 is 11.8 Å². The molecule has 0 unspecified atom stereocenters. The average Bonchev–Trinajstić information content (AvgIpc) is 1.87. The van der Waals surface area contributed by atoms with Gasteiger partial charge in [-0.15, -0.1) is 0 Å². The van der Waals surface area contributed by atoms with Crippen molar-refractivity contribution in [3.05, 3.63) is 0 Å². The van der Waals surface area contributed by atoms with Gasteiger partial charge in [0.2, 0.25) is 5.12 Å². The first-order valence-corrected chi connectivity index (χ1v) is 2.53. The van der Waals surface area contributed by atoms with Crippen LogP contribution < -0.4 is 5.11 Å². The summed E-state index contributed by atoms with van der Waals surface area (Å²) in [5, 5.41) is 9.52. The first kappa shape index (κ1) is 4.64. The van der Waals surface area contributed by atoms with Crippen LogP contribution in [0.5, 0.6) is 0 Å². The van der Waals surface area contributed by atoms with E-state index < -0.39 is 0 Å². The Kier molecular flexibility index (Phi) is 1.02. The average molecular weight is 116 g/mol. The van der Waals surface area contributed by atoms with Gasteiger partial charge in [-0.1, -0.05) is 0 Å². The van der Waals surface area contributed by atoms with Crippen molar-refractivity contribution in [2.75, 3.05) is 6.54 Å². The zero-order valence-corrected chi connectivity index (χ0v) is 4.20. The van der Waals surface area contributed by atoms with E-state index in [1.165, 1.54) is 0 Å². The lowest BCUT2D eigenvalue weighted by Crippen LogP contribution is -2.09. The van der Waals surface area contributed by atoms with Crippen molar-refractivity contribution in [2.45, 2.75) is 0 Å². The maximum atomic E-state index is 10.1. The molecule has 3 nitrogen and oxygen atoms in total. The van der Waals surface area contributed by atoms with E-state index in [9.17, 15) is 9.90 Å². The standard InChI is InChI=1S/C3H3NO2S/c5-2-1-4-3(6)7-2/h1H2,(H,4,6)/p-1. The molecule has 4 heteroatoms. The van der Waals surface area contributed by atoms with Crippen molar-refractivity contribution >= 4 is 22.1 Å². The van der Waals surface area contributed by atoms with Crippen LogP contribution in [0.4, 0.5) is 0 Å². The van der Waals surface area contributed by atoms with Gasteiger partial charge in [0.1, 0.15) is 6.54 Å². The van der Waals surface area contributed by atoms with Crippen molar-refractivity contribution in [1.29, 1.82) is 0 Å². The quantitative estimate of drug-likeness (QED) is 0.407. The summed E-state index contributed by atoms with van der Waals surface area (Å²) in [7, 11) is 0. The molecule has 0 amide bonds. The lowest BCUT2D eigenvalue weighted by Gasteiger charge is -1.94. The second-order valence-corrected chi connectivity index (χ2v) is 2.06. The largest absolute Gasteiger partial charge is 0.854 e. The number of aliphatic imine (C=N–C) groups is 1. The number of rotatable bonds is 0. The Morgan fingerprint density at radius 1 is 1.86 bits per heavy atom. The number of nitrogens with zero attached hydrogens (tertiary/aromatic N) is 1. The van der Waals surface area contributed by atoms with Crippen molar-refractivity contribution in [3.8, 4) is 0 Å². The van der Waals surface area contributed by atoms with Crippen LogP contribution in [-0.4, -0.2) is 16.9 Å². The Balaban J connectivity index is 2.58. The highest BCUT2D eigenvalue weighted by Gasteiger charge is 2.06. The fraction of sp³-hybridized carbons (Fsp3) is 0.333. The molecule has 0 atom stereocenters. The normalized spacial score (nSPS) is 20.0. The Morgan fingerprint density at radius 2 is 2.57 bits per heavy atom. The fourth-order valence-corrected chi connectivity index (χ4v) is 0.744. The Labute approximate surface area is 44.4 Å². The predicted molar refractivity (Wildman–Crippen MR) is 24.9 cm³/mol. The molecule has 0 aromatic heterocycles. The minimum atomic E-state index is -0.356. The topological polar surface area (TPSA) is 52.5 Å². The molecule has 0 radical (unpaired) electrons. The van der Waals surface area contributed by atoms with Crippen LogP contribution in [-0.2, 0) is 4.79 Å². The summed E-state index contributed by atoms with van der Waals surface area (Å²) in [6.07, 6.45) is 0. The van der Waals surface area contributed by atoms with Crippen molar-refractivity contribution in [3.63, 3.8) is 0 Å². The molecule has 1 aliphatic heterocycles. The fourth-order valence-electron chi connectivity index (χ4n) is 0.291. The van der Waals surface area contributed by atoms with E-state index in [0.717, 1.165) is 0 Å². The molecule has 1 heterocycles. The first-order chi connectivity index (χ1) is 3.29. The highest BCUT2D eigenvalue weighted by atomic mass is 32.2. The lowest BCUT2D eigenvalue weighted by atomic mass is 10.8. The summed E-state index contributed by atoms with van der Waals surface area (Å²) in [6.45, 7) is 0.0729. The van der Waals surface area contributed by atoms with Crippen LogP contribution in [0.2, 0.25) is 0 Å². The number of carbonyl (C=O) groups is 1. The van der Waals surface area contributed by atoms with E-state index in [1.54, 1.807) is 0 Å². The van der Waals surface area contributed by atoms with Crippen LogP contribution in [0.3, 0.4) is 0 Å². The Bertz CT molecular complexity index is 131. The molecule has 38 valence electrons. The van der Waals surface area contributed by atoms with Gasteiger partial charge in [0.25, 0.3) is 0 Å². The number of hydrogen-bond acceptors (Lipinski definition) is 4. The highest BCUT2D eigenvalue weighted by molar-refractivity contribution is 8.26. The third-order valence-corrected chi connectivity index (χ3v) is 1.20. The van der Waals surface area contributed by atoms with Crippen LogP contribution in [0.25, 0.3) is 0 Å². The molecule has 0 bridgehead atoms. The van der Waals surface area contributed by atoms with Gasteiger partial charge in [0, 0.05) is 5.23 Å². The summed E-state index contributed by atoms with van der Waals surface area (Å²) < 4.78 is 0. The Morgan fingerprint density at radius 3 is 2.71 bits per heavy atom. The molecule has 1 aliphatic rings. The SMILES string of the molecule is O=C1CN=C([O-])S1. The molecule has 0 saturated carbocycles. The maximum absolute atomic E-state index is 10.1. The molecule has 7 heavy (non-hydrogen) atoms. The first-order valence-electron chi connectivity index (χ1n) is 1.71. The number of hydrogen-bond donors (Lipinski definition) is 0. The van der Waals surface area contributed by atoms with E-state index in [4.69, 9.17) is 0 Å². The predicted octanol–water partition coefficient (Wildman–Crippen LogP) is -1.02. The van der Waals surface area contributed by atoms with Crippen LogP contribution in [0.15, 0.2) is 4.99 Å². The van der Waals surface area contributed by atoms with Gasteiger partial charge < -0.3 is 5.11 Å². The zero-order valence-electron chi connectivity index (χ0n) is 3.38. The van der Waals surface area contributed by atoms with Gasteiger partial charge in [-0.3, -0.25) is 9.79 Å². The summed E-state index contributed by atoms with van der Waals surface area (Å²) in [5.41, 5.74) is 0. The highest BCUT2D eigenvalue weighted by Crippen LogP contribution is 2.07. The molecule has 0 aromatic rings. The van der Waals surface area contributed by atoms with E-state index in [1.807, 2.05) is 0 Å². The minimum absolute atomic E-state index is 0.0729. The van der Waals surface area contributed by atoms with Crippen LogP contribution in [0.1, 0.15) is 0 Å². The monoisotopic (exact) mass is 116 g/mol. The minimum Gasteiger partial charge on any atom is -0.854 e. The van der Waals surface area contributed by atoms with Gasteiger partial charge in [-0.25, -0.2) is 0 Å². The molecule has 0 spiro atoms. The van der Waals surface area contributed by atoms with E-state index in [2.05, 4.69) is 4.99 Å². The molecule has 1 rings (SSSR count). The molecule has 0 aromatic carbocycles. The van der Waals surface area contributed by atoms with E-state index >= 15 is 0 Å². The summed E-state index contributed by atoms with van der Waals surface area (Å²) >= 11 is 0.676. The molecule has 0 N–H and O–H groups in total. The molecule has 0 fully saturated rings. The second kappa shape index (κ2) is 1.54. The van der Waals surface area contributed by atoms with Gasteiger partial charge >= 0.3 is 0 Å². The third kappa shape index (κ3) is 0.928. The zero-order chi connectivity index (χ0) is 5.28. The van der Waals surface area contributed by atoms with Crippen LogP contribution in [0, 0.1) is 0 Å². The molecule has 0 saturated heterocycles. The molecular formula is C3H2NO2S-. The van der Waals surface area contributed by atoms with Crippen molar-refractivity contribution in [1.82, 2.24) is 0 Å². The Hall–Kier alpha value is -0.510. The molecule has 0 aliphatic carbocycles. The van der Waals surface area contributed by atoms with Gasteiger partial charge in [0.15, 0.2) is 0 Å². The molecular weight excluding hydrogens is 114 g/mol.